The van der Waals surface area contributed by atoms with E-state index in [-0.39, 0.29) is 22.5 Å². The van der Waals surface area contributed by atoms with Crippen LogP contribution in [0.25, 0.3) is 10.9 Å². The van der Waals surface area contributed by atoms with Crippen LogP contribution in [0.2, 0.25) is 0 Å². The Morgan fingerprint density at radius 1 is 1.07 bits per heavy atom. The van der Waals surface area contributed by atoms with Crippen LogP contribution >= 0.6 is 0 Å². The number of aromatic hydroxyl groups is 1. The fourth-order valence-corrected chi connectivity index (χ4v) is 7.20. The van der Waals surface area contributed by atoms with E-state index >= 15 is 0 Å². The van der Waals surface area contributed by atoms with Crippen molar-refractivity contribution >= 4 is 26.8 Å². The minimum absolute atomic E-state index is 0.106. The summed E-state index contributed by atoms with van der Waals surface area (Å²) >= 11 is 0. The van der Waals surface area contributed by atoms with Crippen LogP contribution in [0.15, 0.2) is 78.0 Å². The number of sulfonamides is 1. The highest BCUT2D eigenvalue weighted by atomic mass is 32.2. The fourth-order valence-electron chi connectivity index (χ4n) is 5.81. The molecular formula is C31H36N4O4S. The summed E-state index contributed by atoms with van der Waals surface area (Å²) in [6, 6.07) is 17.8. The van der Waals surface area contributed by atoms with Gasteiger partial charge in [-0.1, -0.05) is 49.6 Å². The van der Waals surface area contributed by atoms with E-state index in [4.69, 9.17) is 0 Å². The first-order valence-electron chi connectivity index (χ1n) is 13.7. The molecule has 40 heavy (non-hydrogen) atoms. The lowest BCUT2D eigenvalue weighted by Crippen LogP contribution is -2.59. The summed E-state index contributed by atoms with van der Waals surface area (Å²) in [4.78, 5) is 21.8. The number of para-hydroxylation sites is 1. The minimum atomic E-state index is -4.16. The summed E-state index contributed by atoms with van der Waals surface area (Å²) in [5, 5.41) is 14.2. The molecule has 0 aliphatic heterocycles. The van der Waals surface area contributed by atoms with Gasteiger partial charge in [-0.05, 0) is 62.1 Å². The Balaban J connectivity index is 1.47. The Hall–Kier alpha value is -3.69. The summed E-state index contributed by atoms with van der Waals surface area (Å²) in [6.07, 6.45) is 8.75. The maximum Gasteiger partial charge on any atom is 0.241 e. The molecule has 1 aliphatic rings. The molecule has 0 unspecified atom stereocenters. The number of aromatic amines is 1. The number of rotatable bonds is 9. The normalized spacial score (nSPS) is 16.9. The van der Waals surface area contributed by atoms with Gasteiger partial charge in [-0.2, -0.15) is 4.72 Å². The van der Waals surface area contributed by atoms with Crippen LogP contribution < -0.4 is 10.0 Å². The van der Waals surface area contributed by atoms with Crippen LogP contribution in [0.4, 0.5) is 0 Å². The maximum absolute atomic E-state index is 14.1. The van der Waals surface area contributed by atoms with Crippen LogP contribution in [0, 0.1) is 6.92 Å². The number of carbonyl (C=O) groups excluding carboxylic acids is 1. The lowest BCUT2D eigenvalue weighted by Gasteiger charge is -2.38. The first kappa shape index (κ1) is 27.9. The van der Waals surface area contributed by atoms with Crippen LogP contribution in [0.5, 0.6) is 5.75 Å². The highest BCUT2D eigenvalue weighted by Gasteiger charge is 2.41. The van der Waals surface area contributed by atoms with Gasteiger partial charge in [0.15, 0.2) is 0 Å². The first-order valence-corrected chi connectivity index (χ1v) is 15.2. The SMILES string of the molecule is Cc1ccc(S(=O)(=O)N[C@@](C)(Cc2c[nH]c3ccccc23)C(=O)NCC2(c3ccccn3)CCCCC2)cc1O. The number of carbonyl (C=O) groups is 1. The van der Waals surface area contributed by atoms with Crippen molar-refractivity contribution in [1.82, 2.24) is 20.0 Å². The molecule has 1 fully saturated rings. The van der Waals surface area contributed by atoms with Gasteiger partial charge in [0.1, 0.15) is 11.3 Å². The van der Waals surface area contributed by atoms with Crippen LogP contribution in [-0.2, 0) is 26.7 Å². The van der Waals surface area contributed by atoms with E-state index in [2.05, 4.69) is 20.0 Å². The quantitative estimate of drug-likeness (QED) is 0.232. The Morgan fingerprint density at radius 3 is 2.55 bits per heavy atom. The summed E-state index contributed by atoms with van der Waals surface area (Å²) in [7, 11) is -4.16. The molecule has 1 saturated carbocycles. The van der Waals surface area contributed by atoms with Crippen molar-refractivity contribution in [3.8, 4) is 5.75 Å². The second-order valence-electron chi connectivity index (χ2n) is 11.2. The van der Waals surface area contributed by atoms with Crippen LogP contribution in [-0.4, -0.2) is 41.5 Å². The monoisotopic (exact) mass is 560 g/mol. The predicted octanol–water partition coefficient (Wildman–Crippen LogP) is 4.87. The largest absolute Gasteiger partial charge is 0.508 e. The third-order valence-corrected chi connectivity index (χ3v) is 9.77. The molecule has 0 spiro atoms. The van der Waals surface area contributed by atoms with Crippen molar-refractivity contribution in [2.75, 3.05) is 6.54 Å². The summed E-state index contributed by atoms with van der Waals surface area (Å²) in [6.45, 7) is 3.67. The molecule has 0 radical (unpaired) electrons. The molecule has 9 heteroatoms. The molecule has 0 bridgehead atoms. The number of aryl methyl sites for hydroxylation is 1. The standard InChI is InChI=1S/C31H36N4O4S/c1-22-13-14-24(18-27(22)36)40(38,39)35-30(2,19-23-20-33-26-11-5-4-10-25(23)26)29(37)34-21-31(15-7-3-8-16-31)28-12-6-9-17-32-28/h4-6,9-14,17-18,20,33,35-36H,3,7-8,15-16,19,21H2,1-2H3,(H,34,37)/t30-/m0/s1. The zero-order valence-electron chi connectivity index (χ0n) is 22.9. The Morgan fingerprint density at radius 2 is 1.82 bits per heavy atom. The number of pyridine rings is 1. The molecule has 1 aliphatic carbocycles. The van der Waals surface area contributed by atoms with Gasteiger partial charge in [0, 0.05) is 53.4 Å². The van der Waals surface area contributed by atoms with Crippen molar-refractivity contribution in [3.05, 3.63) is 89.9 Å². The molecule has 4 N–H and O–H groups in total. The number of hydrogen-bond acceptors (Lipinski definition) is 5. The number of amides is 1. The van der Waals surface area contributed by atoms with Gasteiger partial charge in [-0.3, -0.25) is 9.78 Å². The van der Waals surface area contributed by atoms with E-state index in [0.29, 0.717) is 12.1 Å². The van der Waals surface area contributed by atoms with Gasteiger partial charge in [0.2, 0.25) is 15.9 Å². The molecule has 2 aromatic carbocycles. The average Bonchev–Trinajstić information content (AvgIpc) is 3.36. The maximum atomic E-state index is 14.1. The molecule has 2 heterocycles. The number of fused-ring (bicyclic) bond motifs is 1. The topological polar surface area (TPSA) is 124 Å². The molecule has 0 saturated heterocycles. The van der Waals surface area contributed by atoms with E-state index in [9.17, 15) is 18.3 Å². The number of phenols is 1. The number of hydrogen-bond donors (Lipinski definition) is 4. The smallest absolute Gasteiger partial charge is 0.241 e. The van der Waals surface area contributed by atoms with Crippen molar-refractivity contribution in [2.24, 2.45) is 0 Å². The van der Waals surface area contributed by atoms with Crippen LogP contribution in [0.1, 0.15) is 55.8 Å². The van der Waals surface area contributed by atoms with Crippen molar-refractivity contribution in [1.29, 1.82) is 0 Å². The molecule has 4 aromatic rings. The zero-order valence-corrected chi connectivity index (χ0v) is 23.7. The van der Waals surface area contributed by atoms with E-state index < -0.39 is 21.5 Å². The highest BCUT2D eigenvalue weighted by molar-refractivity contribution is 7.89. The Bertz CT molecular complexity index is 1610. The van der Waals surface area contributed by atoms with Gasteiger partial charge < -0.3 is 15.4 Å². The van der Waals surface area contributed by atoms with Crippen LogP contribution in [0.3, 0.4) is 0 Å². The molecule has 210 valence electrons. The Labute approximate surface area is 235 Å². The second kappa shape index (κ2) is 11.1. The number of nitrogens with one attached hydrogen (secondary N) is 3. The van der Waals surface area contributed by atoms with E-state index in [1.165, 1.54) is 12.1 Å². The molecule has 8 nitrogen and oxygen atoms in total. The lowest BCUT2D eigenvalue weighted by atomic mass is 9.71. The number of H-pyrrole nitrogens is 1. The summed E-state index contributed by atoms with van der Waals surface area (Å²) in [5.74, 6) is -0.543. The van der Waals surface area contributed by atoms with Gasteiger partial charge in [0.05, 0.1) is 4.90 Å². The molecule has 5 rings (SSSR count). The molecule has 2 aromatic heterocycles. The van der Waals surface area contributed by atoms with Crippen molar-refractivity contribution in [2.45, 2.75) is 68.2 Å². The van der Waals surface area contributed by atoms with Gasteiger partial charge >= 0.3 is 0 Å². The number of nitrogens with zero attached hydrogens (tertiary/aromatic N) is 1. The molecule has 1 amide bonds. The Kier molecular flexibility index (Phi) is 7.70. The lowest BCUT2D eigenvalue weighted by molar-refractivity contribution is -0.126. The first-order chi connectivity index (χ1) is 19.1. The highest BCUT2D eigenvalue weighted by Crippen LogP contribution is 2.38. The zero-order chi connectivity index (χ0) is 28.4. The van der Waals surface area contributed by atoms with Gasteiger partial charge in [0.25, 0.3) is 0 Å². The predicted molar refractivity (Wildman–Crippen MR) is 156 cm³/mol. The van der Waals surface area contributed by atoms with E-state index in [1.54, 1.807) is 26.1 Å². The molecule has 1 atom stereocenters. The third-order valence-electron chi connectivity index (χ3n) is 8.18. The van der Waals surface area contributed by atoms with E-state index in [1.807, 2.05) is 48.7 Å². The number of aromatic nitrogens is 2. The minimum Gasteiger partial charge on any atom is -0.508 e. The van der Waals surface area contributed by atoms with Crippen molar-refractivity contribution < 1.29 is 18.3 Å². The number of benzene rings is 2. The molecular weight excluding hydrogens is 524 g/mol. The van der Waals surface area contributed by atoms with E-state index in [0.717, 1.165) is 54.3 Å². The van der Waals surface area contributed by atoms with Gasteiger partial charge in [-0.25, -0.2) is 8.42 Å². The summed E-state index contributed by atoms with van der Waals surface area (Å²) in [5.41, 5.74) is 1.40. The summed E-state index contributed by atoms with van der Waals surface area (Å²) < 4.78 is 29.9. The third kappa shape index (κ3) is 5.62. The second-order valence-corrected chi connectivity index (χ2v) is 12.8. The van der Waals surface area contributed by atoms with Crippen molar-refractivity contribution in [3.63, 3.8) is 0 Å². The number of phenolic OH excluding ortho intramolecular Hbond substituents is 1. The van der Waals surface area contributed by atoms with Gasteiger partial charge in [-0.15, -0.1) is 0 Å². The fraction of sp³-hybridized carbons (Fsp3) is 0.355. The average molecular weight is 561 g/mol.